The summed E-state index contributed by atoms with van der Waals surface area (Å²) in [5.74, 6) is -1.61. The van der Waals surface area contributed by atoms with E-state index >= 15 is 0 Å². The van der Waals surface area contributed by atoms with E-state index in [4.69, 9.17) is 10.8 Å². The molecule has 5 rings (SSSR count). The van der Waals surface area contributed by atoms with Crippen LogP contribution in [0.25, 0.3) is 10.9 Å². The topological polar surface area (TPSA) is 146 Å². The summed E-state index contributed by atoms with van der Waals surface area (Å²) in [4.78, 5) is 51.9. The molecule has 9 nitrogen and oxygen atoms in total. The number of anilines is 1. The standard InChI is InChI=1S/C18H16N2O2.C16H16N2O3/c1-12(21)16-11-19-17-14(16)8-5-9-15(17)18(22)20-10-13-6-3-2-4-7-13;17-10-12-5-4-6-13(9-12)16(21)18(11-15(19)20)14-7-2-1-3-8-14/h2-9,11,19H,10H2,1H3,(H,20,22);1-9H,10-11,17H2,(H,19,20). The van der Waals surface area contributed by atoms with Gasteiger partial charge < -0.3 is 21.1 Å². The van der Waals surface area contributed by atoms with E-state index in [0.717, 1.165) is 16.5 Å². The lowest BCUT2D eigenvalue weighted by atomic mass is 10.1. The molecule has 1 aromatic heterocycles. The van der Waals surface area contributed by atoms with Crippen LogP contribution in [0.5, 0.6) is 0 Å². The first-order valence-corrected chi connectivity index (χ1v) is 13.6. The van der Waals surface area contributed by atoms with Crippen LogP contribution in [0.15, 0.2) is 109 Å². The number of aromatic amines is 1. The zero-order valence-electron chi connectivity index (χ0n) is 23.6. The van der Waals surface area contributed by atoms with Crippen molar-refractivity contribution in [3.05, 3.63) is 137 Å². The molecule has 218 valence electrons. The third-order valence-electron chi connectivity index (χ3n) is 6.65. The SMILES string of the molecule is CC(=O)c1c[nH]c2c(C(=O)NCc3ccccc3)cccc12.NCc1cccc(C(=O)N(CC(=O)O)c2ccccc2)c1. The van der Waals surface area contributed by atoms with Crippen LogP contribution in [-0.2, 0) is 17.9 Å². The van der Waals surface area contributed by atoms with Crippen LogP contribution in [0.1, 0.15) is 49.1 Å². The number of fused-ring (bicyclic) bond motifs is 1. The van der Waals surface area contributed by atoms with E-state index < -0.39 is 12.5 Å². The number of ketones is 1. The highest BCUT2D eigenvalue weighted by Gasteiger charge is 2.20. The van der Waals surface area contributed by atoms with Gasteiger partial charge >= 0.3 is 5.97 Å². The molecule has 0 aliphatic carbocycles. The van der Waals surface area contributed by atoms with Crippen molar-refractivity contribution >= 4 is 40.2 Å². The van der Waals surface area contributed by atoms with Crippen molar-refractivity contribution in [2.45, 2.75) is 20.0 Å². The Kier molecular flexibility index (Phi) is 10.2. The average molecular weight is 577 g/mol. The number of hydrogen-bond acceptors (Lipinski definition) is 5. The number of nitrogens with zero attached hydrogens (tertiary/aromatic N) is 1. The number of nitrogens with two attached hydrogens (primary N) is 1. The summed E-state index contributed by atoms with van der Waals surface area (Å²) in [6.07, 6.45) is 1.65. The first-order valence-electron chi connectivity index (χ1n) is 13.6. The first kappa shape index (κ1) is 30.4. The van der Waals surface area contributed by atoms with Gasteiger partial charge in [-0.2, -0.15) is 0 Å². The van der Waals surface area contributed by atoms with Crippen LogP contribution >= 0.6 is 0 Å². The maximum atomic E-state index is 12.6. The number of benzene rings is 4. The number of carboxylic acids is 1. The lowest BCUT2D eigenvalue weighted by molar-refractivity contribution is -0.135. The fourth-order valence-corrected chi connectivity index (χ4v) is 4.52. The Balaban J connectivity index is 0.000000197. The number of amides is 2. The summed E-state index contributed by atoms with van der Waals surface area (Å²) in [6, 6.07) is 30.7. The normalized spacial score (nSPS) is 10.4. The predicted octanol–water partition coefficient (Wildman–Crippen LogP) is 5.18. The van der Waals surface area contributed by atoms with Crippen molar-refractivity contribution in [1.29, 1.82) is 0 Å². The molecule has 5 N–H and O–H groups in total. The Morgan fingerprint density at radius 1 is 0.814 bits per heavy atom. The number of carbonyl (C=O) groups excluding carboxylic acids is 3. The fraction of sp³-hybridized carbons (Fsp3) is 0.118. The number of Topliss-reactive ketones (excluding diaryl/α,β-unsaturated/α-hetero) is 1. The summed E-state index contributed by atoms with van der Waals surface area (Å²) in [5.41, 5.74) is 10.2. The van der Waals surface area contributed by atoms with Crippen LogP contribution in [0.3, 0.4) is 0 Å². The number of nitrogens with one attached hydrogen (secondary N) is 2. The Bertz CT molecular complexity index is 1730. The molecular formula is C34H32N4O5. The van der Waals surface area contributed by atoms with E-state index in [1.54, 1.807) is 60.8 Å². The zero-order chi connectivity index (χ0) is 30.8. The quantitative estimate of drug-likeness (QED) is 0.178. The van der Waals surface area contributed by atoms with Crippen molar-refractivity contribution in [2.75, 3.05) is 11.4 Å². The molecule has 9 heteroatoms. The molecular weight excluding hydrogens is 544 g/mol. The number of hydrogen-bond donors (Lipinski definition) is 4. The van der Waals surface area contributed by atoms with Crippen LogP contribution in [0, 0.1) is 0 Å². The number of rotatable bonds is 9. The number of H-pyrrole nitrogens is 1. The van der Waals surface area contributed by atoms with Gasteiger partial charge in [0, 0.05) is 41.5 Å². The van der Waals surface area contributed by atoms with Crippen molar-refractivity contribution in [3.63, 3.8) is 0 Å². The average Bonchev–Trinajstić information content (AvgIpc) is 3.48. The minimum Gasteiger partial charge on any atom is -0.480 e. The molecule has 0 aliphatic rings. The Labute approximate surface area is 249 Å². The van der Waals surface area contributed by atoms with Gasteiger partial charge in [-0.15, -0.1) is 0 Å². The Morgan fingerprint density at radius 2 is 1.47 bits per heavy atom. The molecule has 0 spiro atoms. The van der Waals surface area contributed by atoms with Gasteiger partial charge in [0.05, 0.1) is 11.1 Å². The number of aliphatic carboxylic acids is 1. The Hall–Kier alpha value is -5.54. The molecule has 4 aromatic carbocycles. The number of para-hydroxylation sites is 2. The lowest BCUT2D eigenvalue weighted by Gasteiger charge is -2.21. The van der Waals surface area contributed by atoms with E-state index in [1.165, 1.54) is 11.8 Å². The van der Waals surface area contributed by atoms with Crippen molar-refractivity contribution in [1.82, 2.24) is 10.3 Å². The second-order valence-corrected chi connectivity index (χ2v) is 9.68. The summed E-state index contributed by atoms with van der Waals surface area (Å²) in [5, 5.41) is 12.7. The van der Waals surface area contributed by atoms with Gasteiger partial charge in [0.1, 0.15) is 6.54 Å². The van der Waals surface area contributed by atoms with E-state index in [0.29, 0.717) is 41.0 Å². The summed E-state index contributed by atoms with van der Waals surface area (Å²) in [7, 11) is 0. The molecule has 0 saturated carbocycles. The van der Waals surface area contributed by atoms with Crippen LogP contribution < -0.4 is 16.0 Å². The number of aromatic nitrogens is 1. The maximum Gasteiger partial charge on any atom is 0.323 e. The largest absolute Gasteiger partial charge is 0.480 e. The highest BCUT2D eigenvalue weighted by atomic mass is 16.4. The van der Waals surface area contributed by atoms with E-state index in [9.17, 15) is 19.2 Å². The number of carboxylic acid groups (broad SMARTS) is 1. The van der Waals surface area contributed by atoms with Crippen molar-refractivity contribution in [3.8, 4) is 0 Å². The molecule has 0 radical (unpaired) electrons. The molecule has 0 aliphatic heterocycles. The molecule has 0 unspecified atom stereocenters. The van der Waals surface area contributed by atoms with Gasteiger partial charge in [-0.25, -0.2) is 0 Å². The van der Waals surface area contributed by atoms with Crippen LogP contribution in [0.2, 0.25) is 0 Å². The second kappa shape index (κ2) is 14.4. The molecule has 2 amide bonds. The lowest BCUT2D eigenvalue weighted by Crippen LogP contribution is -2.35. The van der Waals surface area contributed by atoms with Crippen molar-refractivity contribution in [2.24, 2.45) is 5.73 Å². The minimum absolute atomic E-state index is 0.0203. The highest BCUT2D eigenvalue weighted by Crippen LogP contribution is 2.22. The Morgan fingerprint density at radius 3 is 2.12 bits per heavy atom. The molecule has 1 heterocycles. The second-order valence-electron chi connectivity index (χ2n) is 9.68. The van der Waals surface area contributed by atoms with E-state index in [2.05, 4.69) is 10.3 Å². The summed E-state index contributed by atoms with van der Waals surface area (Å²) >= 11 is 0. The molecule has 0 fully saturated rings. The van der Waals surface area contributed by atoms with E-state index in [-0.39, 0.29) is 17.6 Å². The monoisotopic (exact) mass is 576 g/mol. The van der Waals surface area contributed by atoms with Gasteiger partial charge in [-0.3, -0.25) is 24.1 Å². The third-order valence-corrected chi connectivity index (χ3v) is 6.65. The smallest absolute Gasteiger partial charge is 0.323 e. The predicted molar refractivity (Wildman–Crippen MR) is 166 cm³/mol. The molecule has 0 bridgehead atoms. The van der Waals surface area contributed by atoms with Gasteiger partial charge in [0.15, 0.2) is 5.78 Å². The molecule has 0 saturated heterocycles. The molecule has 43 heavy (non-hydrogen) atoms. The van der Waals surface area contributed by atoms with Gasteiger partial charge in [0.2, 0.25) is 0 Å². The van der Waals surface area contributed by atoms with E-state index in [1.807, 2.05) is 48.5 Å². The minimum atomic E-state index is -1.07. The number of carbonyl (C=O) groups is 4. The summed E-state index contributed by atoms with van der Waals surface area (Å²) < 4.78 is 0. The maximum absolute atomic E-state index is 12.6. The summed E-state index contributed by atoms with van der Waals surface area (Å²) in [6.45, 7) is 1.92. The molecule has 0 atom stereocenters. The van der Waals surface area contributed by atoms with Crippen molar-refractivity contribution < 1.29 is 24.3 Å². The van der Waals surface area contributed by atoms with Gasteiger partial charge in [-0.1, -0.05) is 72.8 Å². The first-order chi connectivity index (χ1) is 20.8. The third kappa shape index (κ3) is 7.81. The van der Waals surface area contributed by atoms with Gasteiger partial charge in [-0.05, 0) is 48.4 Å². The van der Waals surface area contributed by atoms with Crippen LogP contribution in [-0.4, -0.2) is 40.2 Å². The van der Waals surface area contributed by atoms with Gasteiger partial charge in [0.25, 0.3) is 11.8 Å². The fourth-order valence-electron chi connectivity index (χ4n) is 4.52. The van der Waals surface area contributed by atoms with Crippen LogP contribution in [0.4, 0.5) is 5.69 Å². The zero-order valence-corrected chi connectivity index (χ0v) is 23.6. The molecule has 5 aromatic rings. The highest BCUT2D eigenvalue weighted by molar-refractivity contribution is 6.13.